The van der Waals surface area contributed by atoms with Crippen LogP contribution < -0.4 is 14.4 Å². The van der Waals surface area contributed by atoms with Crippen molar-refractivity contribution in [2.45, 2.75) is 44.7 Å². The molecular formula is C29H34ClN3O5S. The van der Waals surface area contributed by atoms with Crippen LogP contribution in [0, 0.1) is 0 Å². The summed E-state index contributed by atoms with van der Waals surface area (Å²) in [5.41, 5.74) is 0.973. The second-order valence-electron chi connectivity index (χ2n) is 8.84. The molecule has 10 heteroatoms. The summed E-state index contributed by atoms with van der Waals surface area (Å²) in [6, 6.07) is 20.6. The molecule has 0 fully saturated rings. The van der Waals surface area contributed by atoms with Crippen LogP contribution in [0.2, 0.25) is 5.02 Å². The van der Waals surface area contributed by atoms with E-state index in [0.29, 0.717) is 23.9 Å². The number of benzene rings is 3. The van der Waals surface area contributed by atoms with Crippen LogP contribution in [0.5, 0.6) is 5.75 Å². The molecule has 3 rings (SSSR count). The summed E-state index contributed by atoms with van der Waals surface area (Å²) in [5, 5.41) is 3.36. The zero-order valence-electron chi connectivity index (χ0n) is 22.3. The quantitative estimate of drug-likeness (QED) is 0.315. The number of nitrogens with one attached hydrogen (secondary N) is 1. The number of sulfonamides is 1. The normalized spacial score (nSPS) is 11.9. The highest BCUT2D eigenvalue weighted by molar-refractivity contribution is 7.92. The molecule has 0 aliphatic heterocycles. The number of carbonyl (C=O) groups is 2. The van der Waals surface area contributed by atoms with Crippen LogP contribution >= 0.6 is 11.6 Å². The van der Waals surface area contributed by atoms with Crippen LogP contribution in [0.1, 0.15) is 32.8 Å². The smallest absolute Gasteiger partial charge is 0.264 e. The fourth-order valence-electron chi connectivity index (χ4n) is 3.94. The molecule has 2 amide bonds. The highest BCUT2D eigenvalue weighted by Gasteiger charge is 2.33. The summed E-state index contributed by atoms with van der Waals surface area (Å²) in [6.07, 6.45) is 0.737. The van der Waals surface area contributed by atoms with Gasteiger partial charge in [0.25, 0.3) is 10.0 Å². The zero-order chi connectivity index (χ0) is 28.4. The number of para-hydroxylation sites is 2. The first-order valence-electron chi connectivity index (χ1n) is 12.8. The molecule has 1 N–H and O–H groups in total. The lowest BCUT2D eigenvalue weighted by Crippen LogP contribution is -2.51. The summed E-state index contributed by atoms with van der Waals surface area (Å²) in [6.45, 7) is 5.67. The van der Waals surface area contributed by atoms with Gasteiger partial charge < -0.3 is 15.0 Å². The van der Waals surface area contributed by atoms with Gasteiger partial charge in [-0.15, -0.1) is 0 Å². The summed E-state index contributed by atoms with van der Waals surface area (Å²) in [7, 11) is -4.17. The van der Waals surface area contributed by atoms with E-state index < -0.39 is 28.5 Å². The van der Waals surface area contributed by atoms with Crippen molar-refractivity contribution in [1.29, 1.82) is 0 Å². The number of nitrogens with zero attached hydrogens (tertiary/aromatic N) is 2. The van der Waals surface area contributed by atoms with Gasteiger partial charge in [0.1, 0.15) is 18.3 Å². The van der Waals surface area contributed by atoms with Gasteiger partial charge in [-0.05, 0) is 62.2 Å². The van der Waals surface area contributed by atoms with Crippen LogP contribution in [0.3, 0.4) is 0 Å². The maximum Gasteiger partial charge on any atom is 0.264 e. The Morgan fingerprint density at radius 2 is 1.59 bits per heavy atom. The van der Waals surface area contributed by atoms with Crippen LogP contribution in [-0.4, -0.2) is 50.9 Å². The Balaban J connectivity index is 2.05. The molecule has 0 unspecified atom stereocenters. The number of amides is 2. The van der Waals surface area contributed by atoms with Crippen molar-refractivity contribution in [3.05, 3.63) is 89.4 Å². The summed E-state index contributed by atoms with van der Waals surface area (Å²) >= 11 is 6.04. The van der Waals surface area contributed by atoms with Gasteiger partial charge in [0, 0.05) is 18.1 Å². The van der Waals surface area contributed by atoms with Crippen molar-refractivity contribution in [3.8, 4) is 5.75 Å². The molecule has 0 heterocycles. The number of hydrogen-bond donors (Lipinski definition) is 1. The summed E-state index contributed by atoms with van der Waals surface area (Å²) < 4.78 is 34.6. The third kappa shape index (κ3) is 7.74. The van der Waals surface area contributed by atoms with Gasteiger partial charge in [0.2, 0.25) is 11.8 Å². The van der Waals surface area contributed by atoms with E-state index in [1.54, 1.807) is 80.6 Å². The number of anilines is 1. The molecule has 3 aromatic carbocycles. The molecule has 0 aliphatic carbocycles. The minimum Gasteiger partial charge on any atom is -0.492 e. The third-order valence-electron chi connectivity index (χ3n) is 6.03. The van der Waals surface area contributed by atoms with E-state index in [0.717, 1.165) is 16.3 Å². The average Bonchev–Trinajstić information content (AvgIpc) is 2.94. The average molecular weight is 572 g/mol. The van der Waals surface area contributed by atoms with E-state index >= 15 is 0 Å². The fourth-order valence-corrected chi connectivity index (χ4v) is 5.51. The molecule has 8 nitrogen and oxygen atoms in total. The number of rotatable bonds is 13. The van der Waals surface area contributed by atoms with Gasteiger partial charge in [-0.2, -0.15) is 0 Å². The Morgan fingerprint density at radius 1 is 0.949 bits per heavy atom. The van der Waals surface area contributed by atoms with E-state index in [1.807, 2.05) is 6.92 Å². The Morgan fingerprint density at radius 3 is 2.23 bits per heavy atom. The molecule has 0 spiro atoms. The highest BCUT2D eigenvalue weighted by atomic mass is 35.5. The van der Waals surface area contributed by atoms with E-state index in [-0.39, 0.29) is 23.0 Å². The van der Waals surface area contributed by atoms with Crippen LogP contribution in [0.25, 0.3) is 0 Å². The van der Waals surface area contributed by atoms with E-state index in [9.17, 15) is 18.0 Å². The summed E-state index contributed by atoms with van der Waals surface area (Å²) in [4.78, 5) is 28.3. The van der Waals surface area contributed by atoms with Crippen LogP contribution in [0.4, 0.5) is 5.69 Å². The van der Waals surface area contributed by atoms with Crippen molar-refractivity contribution in [1.82, 2.24) is 10.2 Å². The molecule has 0 saturated heterocycles. The maximum atomic E-state index is 13.9. The highest BCUT2D eigenvalue weighted by Crippen LogP contribution is 2.32. The number of carbonyl (C=O) groups excluding carboxylic acids is 2. The van der Waals surface area contributed by atoms with Gasteiger partial charge >= 0.3 is 0 Å². The molecule has 0 radical (unpaired) electrons. The molecule has 1 atom stereocenters. The Bertz CT molecular complexity index is 1350. The van der Waals surface area contributed by atoms with Crippen LogP contribution in [0.15, 0.2) is 83.8 Å². The molecule has 0 saturated carbocycles. The minimum atomic E-state index is -4.17. The van der Waals surface area contributed by atoms with Crippen molar-refractivity contribution in [3.63, 3.8) is 0 Å². The SMILES string of the molecule is CCCNC(=O)[C@@H](C)N(Cc1ccc(Cl)cc1)C(=O)CN(c1ccccc1OCC)S(=O)(=O)c1ccccc1. The van der Waals surface area contributed by atoms with Crippen molar-refractivity contribution >= 4 is 39.1 Å². The molecule has 0 bridgehead atoms. The summed E-state index contributed by atoms with van der Waals surface area (Å²) in [5.74, 6) is -0.549. The first-order chi connectivity index (χ1) is 18.7. The van der Waals surface area contributed by atoms with E-state index in [4.69, 9.17) is 16.3 Å². The molecule has 0 aliphatic rings. The van der Waals surface area contributed by atoms with Gasteiger partial charge in [0.05, 0.1) is 17.2 Å². The number of halogens is 1. The van der Waals surface area contributed by atoms with Gasteiger partial charge in [0.15, 0.2) is 0 Å². The third-order valence-corrected chi connectivity index (χ3v) is 8.05. The molecule has 3 aromatic rings. The first-order valence-corrected chi connectivity index (χ1v) is 14.6. The van der Waals surface area contributed by atoms with Gasteiger partial charge in [-0.1, -0.05) is 61.0 Å². The van der Waals surface area contributed by atoms with E-state index in [1.165, 1.54) is 17.0 Å². The molecule has 0 aromatic heterocycles. The second-order valence-corrected chi connectivity index (χ2v) is 11.1. The number of hydrogen-bond acceptors (Lipinski definition) is 5. The second kappa shape index (κ2) is 14.0. The molecular weight excluding hydrogens is 538 g/mol. The lowest BCUT2D eigenvalue weighted by Gasteiger charge is -2.32. The first kappa shape index (κ1) is 30.0. The van der Waals surface area contributed by atoms with Gasteiger partial charge in [-0.3, -0.25) is 13.9 Å². The minimum absolute atomic E-state index is 0.0297. The monoisotopic (exact) mass is 571 g/mol. The Kier molecular flexibility index (Phi) is 10.8. The van der Waals surface area contributed by atoms with Gasteiger partial charge in [-0.25, -0.2) is 8.42 Å². The lowest BCUT2D eigenvalue weighted by atomic mass is 10.1. The Labute approximate surface area is 235 Å². The predicted molar refractivity (Wildman–Crippen MR) is 153 cm³/mol. The maximum absolute atomic E-state index is 13.9. The molecule has 39 heavy (non-hydrogen) atoms. The Hall–Kier alpha value is -3.56. The topological polar surface area (TPSA) is 96.0 Å². The zero-order valence-corrected chi connectivity index (χ0v) is 23.9. The van der Waals surface area contributed by atoms with Crippen molar-refractivity contribution in [2.24, 2.45) is 0 Å². The number of ether oxygens (including phenoxy) is 1. The fraction of sp³-hybridized carbons (Fsp3) is 0.310. The lowest BCUT2D eigenvalue weighted by molar-refractivity contribution is -0.139. The van der Waals surface area contributed by atoms with Crippen molar-refractivity contribution < 1.29 is 22.7 Å². The standard InChI is InChI=1S/C29H34ClN3O5S/c1-4-19-31-29(35)22(3)32(20-23-15-17-24(30)18-16-23)28(34)21-33(26-13-9-10-14-27(26)38-5-2)39(36,37)25-11-7-6-8-12-25/h6-18,22H,4-5,19-21H2,1-3H3,(H,31,35)/t22-/m1/s1. The largest absolute Gasteiger partial charge is 0.492 e. The van der Waals surface area contributed by atoms with Crippen LogP contribution in [-0.2, 0) is 26.2 Å². The molecule has 208 valence electrons. The van der Waals surface area contributed by atoms with E-state index in [2.05, 4.69) is 5.32 Å². The predicted octanol–water partition coefficient (Wildman–Crippen LogP) is 4.88. The van der Waals surface area contributed by atoms with Crippen molar-refractivity contribution in [2.75, 3.05) is 24.0 Å².